The molecular weight excluding hydrogens is 258 g/mol. The number of carbonyl (C=O) groups is 1. The van der Waals surface area contributed by atoms with Crippen molar-refractivity contribution >= 4 is 21.6 Å². The molecule has 0 spiro atoms. The summed E-state index contributed by atoms with van der Waals surface area (Å²) in [6.45, 7) is 0.281. The van der Waals surface area contributed by atoms with Crippen molar-refractivity contribution < 1.29 is 13.2 Å². The van der Waals surface area contributed by atoms with Gasteiger partial charge in [0, 0.05) is 31.4 Å². The van der Waals surface area contributed by atoms with E-state index in [1.54, 1.807) is 0 Å². The molecule has 98 valence electrons. The van der Waals surface area contributed by atoms with Crippen molar-refractivity contribution in [3.8, 4) is 0 Å². The van der Waals surface area contributed by atoms with Crippen LogP contribution in [0, 0.1) is 0 Å². The van der Waals surface area contributed by atoms with Gasteiger partial charge < -0.3 is 10.7 Å². The second-order valence-electron chi connectivity index (χ2n) is 3.84. The molecule has 1 aromatic heterocycles. The average molecular weight is 271 g/mol. The van der Waals surface area contributed by atoms with E-state index in [-0.39, 0.29) is 29.5 Å². The summed E-state index contributed by atoms with van der Waals surface area (Å²) in [5.74, 6) is 5.07. The van der Waals surface area contributed by atoms with Crippen LogP contribution in [0.1, 0.15) is 6.42 Å². The second-order valence-corrected chi connectivity index (χ2v) is 5.52. The van der Waals surface area contributed by atoms with E-state index in [0.29, 0.717) is 0 Å². The summed E-state index contributed by atoms with van der Waals surface area (Å²) in [6.07, 6.45) is 2.75. The SMILES string of the molecule is NNc1ccncc1S(=O)(=O)NC1CNC(=O)C1. The number of carbonyl (C=O) groups excluding carboxylic acids is 1. The number of hydrogen-bond donors (Lipinski definition) is 4. The van der Waals surface area contributed by atoms with Gasteiger partial charge in [0.25, 0.3) is 0 Å². The molecule has 18 heavy (non-hydrogen) atoms. The monoisotopic (exact) mass is 271 g/mol. The number of amides is 1. The maximum Gasteiger partial charge on any atom is 0.244 e. The molecule has 0 aliphatic carbocycles. The van der Waals surface area contributed by atoms with Crippen LogP contribution in [0.5, 0.6) is 0 Å². The molecule has 2 heterocycles. The highest BCUT2D eigenvalue weighted by atomic mass is 32.2. The van der Waals surface area contributed by atoms with Crippen LogP contribution in [0.15, 0.2) is 23.4 Å². The summed E-state index contributed by atoms with van der Waals surface area (Å²) >= 11 is 0. The van der Waals surface area contributed by atoms with Crippen LogP contribution in [0.3, 0.4) is 0 Å². The molecule has 1 fully saturated rings. The van der Waals surface area contributed by atoms with Crippen molar-refractivity contribution in [1.29, 1.82) is 0 Å². The number of sulfonamides is 1. The van der Waals surface area contributed by atoms with Gasteiger partial charge in [0.05, 0.1) is 5.69 Å². The fourth-order valence-electron chi connectivity index (χ4n) is 1.68. The molecule has 8 nitrogen and oxygen atoms in total. The lowest BCUT2D eigenvalue weighted by Crippen LogP contribution is -2.36. The topological polar surface area (TPSA) is 126 Å². The summed E-state index contributed by atoms with van der Waals surface area (Å²) < 4.78 is 26.6. The van der Waals surface area contributed by atoms with E-state index in [4.69, 9.17) is 5.84 Å². The van der Waals surface area contributed by atoms with E-state index < -0.39 is 16.1 Å². The Kier molecular flexibility index (Phi) is 3.45. The number of hydrogen-bond acceptors (Lipinski definition) is 6. The predicted octanol–water partition coefficient (Wildman–Crippen LogP) is -1.47. The molecule has 5 N–H and O–H groups in total. The number of aromatic nitrogens is 1. The van der Waals surface area contributed by atoms with E-state index in [0.717, 1.165) is 0 Å². The van der Waals surface area contributed by atoms with Crippen molar-refractivity contribution in [2.45, 2.75) is 17.4 Å². The number of anilines is 1. The predicted molar refractivity (Wildman–Crippen MR) is 63.8 cm³/mol. The van der Waals surface area contributed by atoms with Gasteiger partial charge in [-0.25, -0.2) is 13.1 Å². The normalized spacial score (nSPS) is 19.6. The van der Waals surface area contributed by atoms with E-state index >= 15 is 0 Å². The second kappa shape index (κ2) is 4.88. The first-order valence-corrected chi connectivity index (χ1v) is 6.71. The van der Waals surface area contributed by atoms with Crippen LogP contribution in [0.2, 0.25) is 0 Å². The number of nitrogen functional groups attached to an aromatic ring is 1. The number of rotatable bonds is 4. The first kappa shape index (κ1) is 12.7. The lowest BCUT2D eigenvalue weighted by molar-refractivity contribution is -0.119. The van der Waals surface area contributed by atoms with Crippen LogP contribution in [-0.4, -0.2) is 31.9 Å². The molecule has 2 rings (SSSR count). The molecule has 0 bridgehead atoms. The van der Waals surface area contributed by atoms with Crippen molar-refractivity contribution in [2.24, 2.45) is 5.84 Å². The third-order valence-corrected chi connectivity index (χ3v) is 4.08. The van der Waals surface area contributed by atoms with Crippen LogP contribution in [0.4, 0.5) is 5.69 Å². The highest BCUT2D eigenvalue weighted by Gasteiger charge is 2.28. The molecule has 1 amide bonds. The minimum absolute atomic E-state index is 0.0492. The molecule has 0 radical (unpaired) electrons. The zero-order valence-corrected chi connectivity index (χ0v) is 10.2. The quantitative estimate of drug-likeness (QED) is 0.391. The van der Waals surface area contributed by atoms with Crippen LogP contribution < -0.4 is 21.3 Å². The zero-order valence-electron chi connectivity index (χ0n) is 9.38. The molecule has 9 heteroatoms. The first-order valence-electron chi connectivity index (χ1n) is 5.22. The number of pyridine rings is 1. The van der Waals surface area contributed by atoms with Crippen molar-refractivity contribution in [1.82, 2.24) is 15.0 Å². The van der Waals surface area contributed by atoms with Gasteiger partial charge in [0.1, 0.15) is 4.90 Å². The van der Waals surface area contributed by atoms with E-state index in [1.807, 2.05) is 0 Å². The third-order valence-electron chi connectivity index (χ3n) is 2.53. The molecule has 1 aromatic rings. The summed E-state index contributed by atoms with van der Waals surface area (Å²) in [6, 6.07) is 1.00. The Bertz CT molecular complexity index is 559. The van der Waals surface area contributed by atoms with Crippen LogP contribution >= 0.6 is 0 Å². The molecule has 1 aliphatic heterocycles. The first-order chi connectivity index (χ1) is 8.53. The van der Waals surface area contributed by atoms with Crippen LogP contribution in [-0.2, 0) is 14.8 Å². The Labute approximate surface area is 104 Å². The lowest BCUT2D eigenvalue weighted by atomic mass is 10.3. The molecule has 1 saturated heterocycles. The average Bonchev–Trinajstić information content (AvgIpc) is 2.74. The van der Waals surface area contributed by atoms with Crippen LogP contribution in [0.25, 0.3) is 0 Å². The number of nitrogens with zero attached hydrogens (tertiary/aromatic N) is 1. The minimum Gasteiger partial charge on any atom is -0.354 e. The zero-order chi connectivity index (χ0) is 13.2. The fourth-order valence-corrected chi connectivity index (χ4v) is 3.03. The molecular formula is C9H13N5O3S. The molecule has 1 atom stereocenters. The van der Waals surface area contributed by atoms with E-state index in [1.165, 1.54) is 18.5 Å². The van der Waals surface area contributed by atoms with Gasteiger partial charge in [-0.15, -0.1) is 0 Å². The van der Waals surface area contributed by atoms with Gasteiger partial charge in [0.2, 0.25) is 15.9 Å². The standard InChI is InChI=1S/C9H13N5O3S/c10-13-7-1-2-11-5-8(7)18(16,17)14-6-3-9(15)12-4-6/h1-2,5-6,14H,3-4,10H2,(H,11,13)(H,12,15). The van der Waals surface area contributed by atoms with Gasteiger partial charge in [-0.3, -0.25) is 15.6 Å². The maximum atomic E-state index is 12.1. The largest absolute Gasteiger partial charge is 0.354 e. The number of nitrogens with two attached hydrogens (primary N) is 1. The Morgan fingerprint density at radius 2 is 2.28 bits per heavy atom. The van der Waals surface area contributed by atoms with Gasteiger partial charge in [0.15, 0.2) is 0 Å². The molecule has 1 aliphatic rings. The Balaban J connectivity index is 2.22. The summed E-state index contributed by atoms with van der Waals surface area (Å²) in [5, 5.41) is 2.55. The summed E-state index contributed by atoms with van der Waals surface area (Å²) in [7, 11) is -3.76. The molecule has 0 saturated carbocycles. The van der Waals surface area contributed by atoms with Gasteiger partial charge in [-0.1, -0.05) is 0 Å². The highest BCUT2D eigenvalue weighted by molar-refractivity contribution is 7.89. The summed E-state index contributed by atoms with van der Waals surface area (Å²) in [5.41, 5.74) is 2.54. The van der Waals surface area contributed by atoms with Gasteiger partial charge >= 0.3 is 0 Å². The van der Waals surface area contributed by atoms with Crippen molar-refractivity contribution in [3.63, 3.8) is 0 Å². The Morgan fingerprint density at radius 1 is 1.50 bits per heavy atom. The minimum atomic E-state index is -3.76. The van der Waals surface area contributed by atoms with Gasteiger partial charge in [-0.2, -0.15) is 0 Å². The maximum absolute atomic E-state index is 12.1. The molecule has 1 unspecified atom stereocenters. The molecule has 0 aromatic carbocycles. The lowest BCUT2D eigenvalue weighted by Gasteiger charge is -2.13. The summed E-state index contributed by atoms with van der Waals surface area (Å²) in [4.78, 5) is 14.7. The van der Waals surface area contributed by atoms with E-state index in [9.17, 15) is 13.2 Å². The van der Waals surface area contributed by atoms with Crippen molar-refractivity contribution in [3.05, 3.63) is 18.5 Å². The highest BCUT2D eigenvalue weighted by Crippen LogP contribution is 2.19. The van der Waals surface area contributed by atoms with E-state index in [2.05, 4.69) is 20.4 Å². The Morgan fingerprint density at radius 3 is 2.89 bits per heavy atom. The fraction of sp³-hybridized carbons (Fsp3) is 0.333. The number of nitrogens with one attached hydrogen (secondary N) is 3. The third kappa shape index (κ3) is 2.58. The number of hydrazine groups is 1. The van der Waals surface area contributed by atoms with Gasteiger partial charge in [-0.05, 0) is 6.07 Å². The Hall–Kier alpha value is -1.71. The smallest absolute Gasteiger partial charge is 0.244 e. The van der Waals surface area contributed by atoms with Crippen molar-refractivity contribution in [2.75, 3.05) is 12.0 Å².